The standard InChI is InChI=1S/C16H18F3N5O2S/c1-2-9-5-10(27(25,26)8-16(17,18)19)6-11(9)15-23-22-13-7-21-14-12(24(13)15)3-4-20-14/h3-4,7,9-11,20H,2,5-6,8H2,1H3/t9-,10+,11+/m1/s1. The molecular weight excluding hydrogens is 383 g/mol. The molecule has 3 atom stereocenters. The van der Waals surface area contributed by atoms with Crippen molar-refractivity contribution in [2.75, 3.05) is 5.75 Å². The number of nitrogens with zero attached hydrogens (tertiary/aromatic N) is 4. The number of fused-ring (bicyclic) bond motifs is 3. The predicted molar refractivity (Wildman–Crippen MR) is 92.0 cm³/mol. The molecule has 3 aromatic heterocycles. The van der Waals surface area contributed by atoms with Gasteiger partial charge in [0, 0.05) is 12.1 Å². The van der Waals surface area contributed by atoms with Gasteiger partial charge in [0.2, 0.25) is 0 Å². The summed E-state index contributed by atoms with van der Waals surface area (Å²) in [5.41, 5.74) is 1.91. The van der Waals surface area contributed by atoms with Crippen LogP contribution in [0.15, 0.2) is 18.5 Å². The Morgan fingerprint density at radius 1 is 1.30 bits per heavy atom. The Morgan fingerprint density at radius 2 is 2.07 bits per heavy atom. The molecule has 11 heteroatoms. The molecule has 0 amide bonds. The highest BCUT2D eigenvalue weighted by Crippen LogP contribution is 2.44. The number of H-pyrrole nitrogens is 1. The van der Waals surface area contributed by atoms with Crippen LogP contribution in [-0.2, 0) is 9.84 Å². The van der Waals surface area contributed by atoms with Crippen molar-refractivity contribution in [2.45, 2.75) is 43.5 Å². The number of aromatic amines is 1. The molecule has 0 bridgehead atoms. The van der Waals surface area contributed by atoms with Gasteiger partial charge in [0.15, 0.2) is 21.1 Å². The third-order valence-corrected chi connectivity index (χ3v) is 7.48. The molecular formula is C16H18F3N5O2S. The van der Waals surface area contributed by atoms with Crippen molar-refractivity contribution < 1.29 is 21.6 Å². The van der Waals surface area contributed by atoms with E-state index in [1.54, 1.807) is 12.4 Å². The maximum Gasteiger partial charge on any atom is 0.402 e. The van der Waals surface area contributed by atoms with Crippen LogP contribution in [0.5, 0.6) is 0 Å². The Balaban J connectivity index is 1.74. The van der Waals surface area contributed by atoms with Crippen LogP contribution >= 0.6 is 0 Å². The quantitative estimate of drug-likeness (QED) is 0.726. The van der Waals surface area contributed by atoms with Crippen LogP contribution in [0, 0.1) is 5.92 Å². The summed E-state index contributed by atoms with van der Waals surface area (Å²) < 4.78 is 64.4. The first kappa shape index (κ1) is 18.2. The third kappa shape index (κ3) is 3.17. The molecule has 4 rings (SSSR count). The molecule has 1 saturated carbocycles. The van der Waals surface area contributed by atoms with E-state index in [4.69, 9.17) is 0 Å². The average molecular weight is 401 g/mol. The summed E-state index contributed by atoms with van der Waals surface area (Å²) >= 11 is 0. The van der Waals surface area contributed by atoms with Crippen molar-refractivity contribution in [1.29, 1.82) is 0 Å². The number of nitrogens with one attached hydrogen (secondary N) is 1. The zero-order chi connectivity index (χ0) is 19.4. The molecule has 3 aromatic rings. The topological polar surface area (TPSA) is 93.0 Å². The Bertz CT molecular complexity index is 1090. The second-order valence-electron chi connectivity index (χ2n) is 7.01. The number of halogens is 3. The first-order chi connectivity index (χ1) is 12.7. The van der Waals surface area contributed by atoms with Gasteiger partial charge in [0.1, 0.15) is 11.6 Å². The van der Waals surface area contributed by atoms with E-state index < -0.39 is 27.0 Å². The molecule has 1 aliphatic rings. The van der Waals surface area contributed by atoms with E-state index in [1.165, 1.54) is 0 Å². The normalized spacial score (nSPS) is 24.2. The first-order valence-corrected chi connectivity index (χ1v) is 10.4. The lowest BCUT2D eigenvalue weighted by Crippen LogP contribution is -2.30. The maximum atomic E-state index is 12.7. The van der Waals surface area contributed by atoms with Crippen LogP contribution < -0.4 is 0 Å². The summed E-state index contributed by atoms with van der Waals surface area (Å²) in [7, 11) is -4.27. The van der Waals surface area contributed by atoms with Gasteiger partial charge in [-0.15, -0.1) is 10.2 Å². The van der Waals surface area contributed by atoms with Gasteiger partial charge in [-0.2, -0.15) is 13.2 Å². The second kappa shape index (κ2) is 6.18. The second-order valence-corrected chi connectivity index (χ2v) is 9.29. The highest BCUT2D eigenvalue weighted by molar-refractivity contribution is 7.92. The number of alkyl halides is 3. The minimum absolute atomic E-state index is 0.0763. The van der Waals surface area contributed by atoms with Gasteiger partial charge in [-0.05, 0) is 24.8 Å². The third-order valence-electron chi connectivity index (χ3n) is 5.35. The van der Waals surface area contributed by atoms with E-state index in [9.17, 15) is 21.6 Å². The summed E-state index contributed by atoms with van der Waals surface area (Å²) in [5.74, 6) is -1.56. The van der Waals surface area contributed by atoms with E-state index in [1.807, 2.05) is 17.4 Å². The lowest BCUT2D eigenvalue weighted by Gasteiger charge is -2.16. The van der Waals surface area contributed by atoms with Crippen molar-refractivity contribution >= 4 is 26.6 Å². The van der Waals surface area contributed by atoms with Gasteiger partial charge in [-0.3, -0.25) is 4.40 Å². The van der Waals surface area contributed by atoms with Crippen molar-refractivity contribution in [1.82, 2.24) is 24.6 Å². The summed E-state index contributed by atoms with van der Waals surface area (Å²) in [4.78, 5) is 7.24. The van der Waals surface area contributed by atoms with Crippen LogP contribution in [0.25, 0.3) is 16.8 Å². The number of hydrogen-bond acceptors (Lipinski definition) is 5. The molecule has 1 aliphatic carbocycles. The summed E-state index contributed by atoms with van der Waals surface area (Å²) in [6, 6.07) is 1.82. The Kier molecular flexibility index (Phi) is 4.17. The fourth-order valence-corrected chi connectivity index (χ4v) is 5.85. The minimum Gasteiger partial charge on any atom is -0.345 e. The predicted octanol–water partition coefficient (Wildman–Crippen LogP) is 2.85. The van der Waals surface area contributed by atoms with Crippen LogP contribution in [0.3, 0.4) is 0 Å². The molecule has 0 spiro atoms. The molecule has 7 nitrogen and oxygen atoms in total. The van der Waals surface area contributed by atoms with E-state index in [2.05, 4.69) is 20.2 Å². The molecule has 0 unspecified atom stereocenters. The van der Waals surface area contributed by atoms with Gasteiger partial charge in [-0.25, -0.2) is 13.4 Å². The van der Waals surface area contributed by atoms with E-state index in [-0.39, 0.29) is 24.7 Å². The zero-order valence-electron chi connectivity index (χ0n) is 14.4. The van der Waals surface area contributed by atoms with Gasteiger partial charge in [0.25, 0.3) is 0 Å². The van der Waals surface area contributed by atoms with Crippen LogP contribution in [0.4, 0.5) is 13.2 Å². The SMILES string of the molecule is CC[C@@H]1C[C@H](S(=O)(=O)CC(F)(F)F)C[C@@H]1c1nnc2cnc3[nH]ccc3n12. The molecule has 3 heterocycles. The molecule has 0 saturated heterocycles. The van der Waals surface area contributed by atoms with Gasteiger partial charge >= 0.3 is 6.18 Å². The summed E-state index contributed by atoms with van der Waals surface area (Å²) in [5, 5.41) is 7.33. The molecule has 0 radical (unpaired) electrons. The van der Waals surface area contributed by atoms with Gasteiger partial charge < -0.3 is 4.98 Å². The number of rotatable bonds is 4. The van der Waals surface area contributed by atoms with Crippen LogP contribution in [-0.4, -0.2) is 50.2 Å². The molecule has 0 aromatic carbocycles. The average Bonchev–Trinajstić information content (AvgIpc) is 3.28. The van der Waals surface area contributed by atoms with Gasteiger partial charge in [0.05, 0.1) is 17.0 Å². The molecule has 1 fully saturated rings. The number of sulfone groups is 1. The minimum atomic E-state index is -4.73. The smallest absolute Gasteiger partial charge is 0.345 e. The molecule has 1 N–H and O–H groups in total. The molecule has 27 heavy (non-hydrogen) atoms. The van der Waals surface area contributed by atoms with Crippen molar-refractivity contribution in [3.63, 3.8) is 0 Å². The van der Waals surface area contributed by atoms with E-state index >= 15 is 0 Å². The monoisotopic (exact) mass is 401 g/mol. The van der Waals surface area contributed by atoms with Crippen LogP contribution in [0.1, 0.15) is 37.9 Å². The lowest BCUT2D eigenvalue weighted by molar-refractivity contribution is -0.106. The fraction of sp³-hybridized carbons (Fsp3) is 0.562. The van der Waals surface area contributed by atoms with Crippen molar-refractivity contribution in [2.24, 2.45) is 5.92 Å². The van der Waals surface area contributed by atoms with E-state index in [0.29, 0.717) is 23.5 Å². The first-order valence-electron chi connectivity index (χ1n) is 8.65. The van der Waals surface area contributed by atoms with Crippen molar-refractivity contribution in [3.8, 4) is 0 Å². The highest BCUT2D eigenvalue weighted by atomic mass is 32.2. The Hall–Kier alpha value is -2.17. The molecule has 0 aliphatic heterocycles. The maximum absolute atomic E-state index is 12.7. The molecule has 146 valence electrons. The van der Waals surface area contributed by atoms with Crippen LogP contribution in [0.2, 0.25) is 0 Å². The lowest BCUT2D eigenvalue weighted by atomic mass is 9.93. The summed E-state index contributed by atoms with van der Waals surface area (Å²) in [6.45, 7) is 1.91. The number of hydrogen-bond donors (Lipinski definition) is 1. The van der Waals surface area contributed by atoms with Crippen molar-refractivity contribution in [3.05, 3.63) is 24.3 Å². The zero-order valence-corrected chi connectivity index (χ0v) is 15.3. The Morgan fingerprint density at radius 3 is 2.78 bits per heavy atom. The fourth-order valence-electron chi connectivity index (χ4n) is 4.12. The van der Waals surface area contributed by atoms with Gasteiger partial charge in [-0.1, -0.05) is 13.3 Å². The number of aromatic nitrogens is 5. The largest absolute Gasteiger partial charge is 0.402 e. The highest BCUT2D eigenvalue weighted by Gasteiger charge is 2.46. The van der Waals surface area contributed by atoms with E-state index in [0.717, 1.165) is 5.52 Å². The Labute approximate surface area is 152 Å². The summed E-state index contributed by atoms with van der Waals surface area (Å²) in [6.07, 6.45) is -0.476.